The van der Waals surface area contributed by atoms with Gasteiger partial charge in [-0.1, -0.05) is 36.4 Å². The summed E-state index contributed by atoms with van der Waals surface area (Å²) in [6.45, 7) is 0. The first-order valence-electron chi connectivity index (χ1n) is 9.59. The Kier molecular flexibility index (Phi) is 5.65. The summed E-state index contributed by atoms with van der Waals surface area (Å²) < 4.78 is 53.2. The molecule has 0 saturated heterocycles. The van der Waals surface area contributed by atoms with Crippen LogP contribution in [0.15, 0.2) is 82.8 Å². The summed E-state index contributed by atoms with van der Waals surface area (Å²) in [5.41, 5.74) is 1.36. The molecule has 1 aliphatic rings. The average molecular weight is 440 g/mol. The number of benzene rings is 3. The van der Waals surface area contributed by atoms with Crippen LogP contribution in [-0.4, -0.2) is 32.8 Å². The molecule has 0 fully saturated rings. The molecule has 0 bridgehead atoms. The monoisotopic (exact) mass is 440 g/mol. The summed E-state index contributed by atoms with van der Waals surface area (Å²) in [6.07, 6.45) is 0.190. The van der Waals surface area contributed by atoms with Crippen LogP contribution in [0.3, 0.4) is 0 Å². The fraction of sp³-hybridized carbons (Fsp3) is 0.174. The molecule has 1 heterocycles. The highest BCUT2D eigenvalue weighted by molar-refractivity contribution is 7.89. The molecule has 0 unspecified atom stereocenters. The summed E-state index contributed by atoms with van der Waals surface area (Å²) in [5.74, 6) is 0.599. The Labute approximate surface area is 180 Å². The van der Waals surface area contributed by atoms with Gasteiger partial charge in [-0.3, -0.25) is 0 Å². The van der Waals surface area contributed by atoms with E-state index in [1.165, 1.54) is 25.3 Å². The fourth-order valence-corrected chi connectivity index (χ4v) is 5.03. The molecule has 160 valence electrons. The van der Waals surface area contributed by atoms with Gasteiger partial charge >= 0.3 is 0 Å². The van der Waals surface area contributed by atoms with Gasteiger partial charge < -0.3 is 9.47 Å². The molecule has 4 rings (SSSR count). The van der Waals surface area contributed by atoms with Crippen molar-refractivity contribution >= 4 is 15.7 Å². The maximum absolute atomic E-state index is 14.7. The van der Waals surface area contributed by atoms with Crippen molar-refractivity contribution in [2.24, 2.45) is 5.10 Å². The molecule has 0 aliphatic carbocycles. The summed E-state index contributed by atoms with van der Waals surface area (Å²) >= 11 is 0. The standard InChI is InChI=1S/C23H21FN2O4S/c1-29-16-12-13-19(23(14-16)30-2)21-15-22(18-10-6-7-11-20(18)24)26(25-21)31(27,28)17-8-4-3-5-9-17/h3-14,22H,15H2,1-2H3/t22-/m0/s1. The van der Waals surface area contributed by atoms with Crippen molar-refractivity contribution in [3.63, 3.8) is 0 Å². The van der Waals surface area contributed by atoms with Crippen LogP contribution in [0.1, 0.15) is 23.6 Å². The first-order valence-corrected chi connectivity index (χ1v) is 11.0. The number of rotatable bonds is 6. The summed E-state index contributed by atoms with van der Waals surface area (Å²) in [5, 5.41) is 4.44. The first kappa shape index (κ1) is 20.9. The van der Waals surface area contributed by atoms with Crippen LogP contribution in [0.2, 0.25) is 0 Å². The quantitative estimate of drug-likeness (QED) is 0.570. The smallest absolute Gasteiger partial charge is 0.279 e. The van der Waals surface area contributed by atoms with E-state index in [4.69, 9.17) is 9.47 Å². The van der Waals surface area contributed by atoms with E-state index in [9.17, 15) is 12.8 Å². The third-order valence-electron chi connectivity index (χ3n) is 5.14. The maximum atomic E-state index is 14.7. The molecule has 0 amide bonds. The zero-order valence-electron chi connectivity index (χ0n) is 17.0. The van der Waals surface area contributed by atoms with Gasteiger partial charge in [0.2, 0.25) is 0 Å². The third-order valence-corrected chi connectivity index (χ3v) is 6.84. The van der Waals surface area contributed by atoms with Gasteiger partial charge in [-0.2, -0.15) is 17.9 Å². The van der Waals surface area contributed by atoms with E-state index in [0.29, 0.717) is 22.8 Å². The van der Waals surface area contributed by atoms with E-state index < -0.39 is 21.9 Å². The fourth-order valence-electron chi connectivity index (χ4n) is 3.59. The van der Waals surface area contributed by atoms with Gasteiger partial charge in [-0.15, -0.1) is 0 Å². The van der Waals surface area contributed by atoms with Crippen molar-refractivity contribution in [3.05, 3.63) is 89.7 Å². The second-order valence-corrected chi connectivity index (χ2v) is 8.74. The molecule has 3 aromatic rings. The van der Waals surface area contributed by atoms with Gasteiger partial charge in [-0.05, 0) is 30.3 Å². The molecule has 8 heteroatoms. The van der Waals surface area contributed by atoms with E-state index in [2.05, 4.69) is 5.10 Å². The van der Waals surface area contributed by atoms with E-state index in [0.717, 1.165) is 4.41 Å². The lowest BCUT2D eigenvalue weighted by Crippen LogP contribution is -2.27. The zero-order chi connectivity index (χ0) is 22.0. The molecular formula is C23H21FN2O4S. The number of halogens is 1. The number of sulfonamides is 1. The topological polar surface area (TPSA) is 68.2 Å². The number of hydrogen-bond acceptors (Lipinski definition) is 5. The normalized spacial score (nSPS) is 16.2. The Morgan fingerprint density at radius 2 is 1.68 bits per heavy atom. The first-order chi connectivity index (χ1) is 15.0. The minimum atomic E-state index is -4.01. The van der Waals surface area contributed by atoms with Crippen molar-refractivity contribution in [1.29, 1.82) is 0 Å². The highest BCUT2D eigenvalue weighted by atomic mass is 32.2. The molecule has 1 aliphatic heterocycles. The third kappa shape index (κ3) is 3.86. The SMILES string of the molecule is COc1ccc(C2=NN(S(=O)(=O)c3ccccc3)[C@H](c3ccccc3F)C2)c(OC)c1. The van der Waals surface area contributed by atoms with E-state index in [1.54, 1.807) is 61.7 Å². The van der Waals surface area contributed by atoms with Crippen LogP contribution < -0.4 is 9.47 Å². The minimum absolute atomic E-state index is 0.0861. The van der Waals surface area contributed by atoms with Gasteiger partial charge in [0.05, 0.1) is 30.9 Å². The van der Waals surface area contributed by atoms with Crippen LogP contribution in [0.4, 0.5) is 4.39 Å². The lowest BCUT2D eigenvalue weighted by atomic mass is 9.98. The summed E-state index contributed by atoms with van der Waals surface area (Å²) in [6, 6.07) is 18.5. The highest BCUT2D eigenvalue weighted by Crippen LogP contribution is 2.40. The number of ether oxygens (including phenoxy) is 2. The molecule has 0 aromatic heterocycles. The zero-order valence-corrected chi connectivity index (χ0v) is 17.8. The molecule has 0 radical (unpaired) electrons. The maximum Gasteiger partial charge on any atom is 0.279 e. The van der Waals surface area contributed by atoms with Crippen LogP contribution in [-0.2, 0) is 10.0 Å². The van der Waals surface area contributed by atoms with Gasteiger partial charge in [0.1, 0.15) is 17.3 Å². The van der Waals surface area contributed by atoms with Crippen molar-refractivity contribution in [1.82, 2.24) is 4.41 Å². The Balaban J connectivity index is 1.85. The predicted octanol–water partition coefficient (Wildman–Crippen LogP) is 4.38. The molecule has 0 spiro atoms. The Bertz CT molecular complexity index is 1230. The molecule has 1 atom stereocenters. The molecule has 0 saturated carbocycles. The van der Waals surface area contributed by atoms with Gasteiger partial charge in [0, 0.05) is 23.6 Å². The molecular weight excluding hydrogens is 419 g/mol. The Hall–Kier alpha value is -3.39. The summed E-state index contributed by atoms with van der Waals surface area (Å²) in [4.78, 5) is 0.0861. The van der Waals surface area contributed by atoms with Crippen LogP contribution in [0.25, 0.3) is 0 Å². The molecule has 0 N–H and O–H groups in total. The second kappa shape index (κ2) is 8.39. The van der Waals surface area contributed by atoms with Gasteiger partial charge in [0.15, 0.2) is 0 Å². The summed E-state index contributed by atoms with van der Waals surface area (Å²) in [7, 11) is -0.952. The molecule has 3 aromatic carbocycles. The predicted molar refractivity (Wildman–Crippen MR) is 115 cm³/mol. The molecule has 31 heavy (non-hydrogen) atoms. The highest BCUT2D eigenvalue weighted by Gasteiger charge is 2.39. The van der Waals surface area contributed by atoms with Crippen LogP contribution in [0, 0.1) is 5.82 Å². The number of hydrogen-bond donors (Lipinski definition) is 0. The number of hydrazone groups is 1. The van der Waals surface area contributed by atoms with Crippen molar-refractivity contribution < 1.29 is 22.3 Å². The van der Waals surface area contributed by atoms with Gasteiger partial charge in [0.25, 0.3) is 10.0 Å². The van der Waals surface area contributed by atoms with Crippen molar-refractivity contribution in [2.75, 3.05) is 14.2 Å². The van der Waals surface area contributed by atoms with Crippen LogP contribution in [0.5, 0.6) is 11.5 Å². The lowest BCUT2D eigenvalue weighted by molar-refractivity contribution is 0.362. The average Bonchev–Trinajstić information content (AvgIpc) is 3.25. The van der Waals surface area contributed by atoms with E-state index in [1.807, 2.05) is 0 Å². The number of methoxy groups -OCH3 is 2. The molecule has 6 nitrogen and oxygen atoms in total. The van der Waals surface area contributed by atoms with E-state index in [-0.39, 0.29) is 16.9 Å². The number of nitrogens with zero attached hydrogens (tertiary/aromatic N) is 2. The lowest BCUT2D eigenvalue weighted by Gasteiger charge is -2.23. The van der Waals surface area contributed by atoms with Crippen molar-refractivity contribution in [2.45, 2.75) is 17.4 Å². The largest absolute Gasteiger partial charge is 0.497 e. The minimum Gasteiger partial charge on any atom is -0.497 e. The van der Waals surface area contributed by atoms with Crippen molar-refractivity contribution in [3.8, 4) is 11.5 Å². The van der Waals surface area contributed by atoms with Crippen LogP contribution >= 0.6 is 0 Å². The van der Waals surface area contributed by atoms with Gasteiger partial charge in [-0.25, -0.2) is 4.39 Å². The second-order valence-electron chi connectivity index (χ2n) is 6.94. The Morgan fingerprint density at radius 3 is 2.35 bits per heavy atom. The Morgan fingerprint density at radius 1 is 0.968 bits per heavy atom. The van der Waals surface area contributed by atoms with E-state index >= 15 is 0 Å².